The Balaban J connectivity index is 1.96. The van der Waals surface area contributed by atoms with Crippen LogP contribution in [0.2, 0.25) is 0 Å². The lowest BCUT2D eigenvalue weighted by atomic mass is 9.99. The first-order chi connectivity index (χ1) is 12.3. The van der Waals surface area contributed by atoms with Crippen molar-refractivity contribution in [2.75, 3.05) is 5.73 Å². The molecule has 4 nitrogen and oxygen atoms in total. The molecular weight excluding hydrogens is 308 g/mol. The average Bonchev–Trinajstić information content (AvgIpc) is 2.68. The lowest BCUT2D eigenvalue weighted by Crippen LogP contribution is -1.98. The third-order valence-corrected chi connectivity index (χ3v) is 4.32. The maximum atomic E-state index is 5.86. The van der Waals surface area contributed by atoms with Crippen LogP contribution in [0.3, 0.4) is 0 Å². The summed E-state index contributed by atoms with van der Waals surface area (Å²) >= 11 is 0. The zero-order valence-corrected chi connectivity index (χ0v) is 14.0. The van der Waals surface area contributed by atoms with Gasteiger partial charge >= 0.3 is 0 Å². The minimum Gasteiger partial charge on any atom is -0.384 e. The van der Waals surface area contributed by atoms with E-state index in [9.17, 15) is 0 Å². The van der Waals surface area contributed by atoms with E-state index in [0.717, 1.165) is 45.4 Å². The van der Waals surface area contributed by atoms with Crippen molar-refractivity contribution in [1.82, 2.24) is 15.0 Å². The predicted octanol–water partition coefficient (Wildman–Crippen LogP) is 4.50. The Hall–Kier alpha value is -3.27. The largest absolute Gasteiger partial charge is 0.384 e. The van der Waals surface area contributed by atoms with Gasteiger partial charge in [-0.1, -0.05) is 31.2 Å². The first-order valence-corrected chi connectivity index (χ1v) is 8.32. The van der Waals surface area contributed by atoms with Crippen molar-refractivity contribution in [1.29, 1.82) is 0 Å². The molecule has 25 heavy (non-hydrogen) atoms. The number of aromatic nitrogens is 3. The molecule has 0 spiro atoms. The number of anilines is 1. The maximum Gasteiger partial charge on any atom is 0.123 e. The van der Waals surface area contributed by atoms with Crippen molar-refractivity contribution in [3.8, 4) is 22.4 Å². The molecule has 122 valence electrons. The molecular formula is C21H18N4. The van der Waals surface area contributed by atoms with Crippen LogP contribution in [0.1, 0.15) is 12.6 Å². The van der Waals surface area contributed by atoms with E-state index in [4.69, 9.17) is 10.7 Å². The minimum atomic E-state index is 0.547. The fraction of sp³-hybridized carbons (Fsp3) is 0.0952. The highest BCUT2D eigenvalue weighted by molar-refractivity contribution is 5.95. The van der Waals surface area contributed by atoms with E-state index in [0.29, 0.717) is 5.82 Å². The van der Waals surface area contributed by atoms with E-state index in [2.05, 4.69) is 41.2 Å². The van der Waals surface area contributed by atoms with Crippen LogP contribution in [0.4, 0.5) is 5.82 Å². The number of hydrogen-bond donors (Lipinski definition) is 1. The van der Waals surface area contributed by atoms with Gasteiger partial charge < -0.3 is 5.73 Å². The molecule has 0 aliphatic heterocycles. The molecule has 0 radical (unpaired) electrons. The van der Waals surface area contributed by atoms with E-state index in [-0.39, 0.29) is 0 Å². The molecule has 0 saturated heterocycles. The first kappa shape index (κ1) is 15.3. The number of hydrogen-bond acceptors (Lipinski definition) is 4. The molecule has 0 unspecified atom stereocenters. The molecule has 4 rings (SSSR count). The SMILES string of the molecule is CCc1nc(N)ccc1-c1cccc2ccc(-c3ccncc3)nc12. The van der Waals surface area contributed by atoms with Gasteiger partial charge in [0, 0.05) is 34.5 Å². The lowest BCUT2D eigenvalue weighted by molar-refractivity contribution is 1.05. The summed E-state index contributed by atoms with van der Waals surface area (Å²) in [6.07, 6.45) is 4.39. The summed E-state index contributed by atoms with van der Waals surface area (Å²) in [7, 11) is 0. The molecule has 0 saturated carbocycles. The molecule has 4 heteroatoms. The zero-order valence-electron chi connectivity index (χ0n) is 14.0. The highest BCUT2D eigenvalue weighted by Gasteiger charge is 2.11. The number of nitrogens with zero attached hydrogens (tertiary/aromatic N) is 3. The Morgan fingerprint density at radius 3 is 2.48 bits per heavy atom. The van der Waals surface area contributed by atoms with Crippen molar-refractivity contribution in [2.24, 2.45) is 0 Å². The summed E-state index contributed by atoms with van der Waals surface area (Å²) in [5.41, 5.74) is 12.0. The minimum absolute atomic E-state index is 0.547. The molecule has 0 aliphatic carbocycles. The van der Waals surface area contributed by atoms with Gasteiger partial charge in [-0.05, 0) is 36.8 Å². The number of rotatable bonds is 3. The Morgan fingerprint density at radius 2 is 1.68 bits per heavy atom. The molecule has 0 aliphatic rings. The lowest BCUT2D eigenvalue weighted by Gasteiger charge is -2.12. The van der Waals surface area contributed by atoms with Gasteiger partial charge in [0.1, 0.15) is 5.82 Å². The second-order valence-electron chi connectivity index (χ2n) is 5.89. The molecule has 0 fully saturated rings. The van der Waals surface area contributed by atoms with Crippen molar-refractivity contribution in [2.45, 2.75) is 13.3 Å². The second kappa shape index (κ2) is 6.32. The smallest absolute Gasteiger partial charge is 0.123 e. The first-order valence-electron chi connectivity index (χ1n) is 8.32. The van der Waals surface area contributed by atoms with Crippen LogP contribution in [0.15, 0.2) is 67.0 Å². The molecule has 3 heterocycles. The van der Waals surface area contributed by atoms with Crippen LogP contribution >= 0.6 is 0 Å². The number of nitrogen functional groups attached to an aromatic ring is 1. The number of fused-ring (bicyclic) bond motifs is 1. The number of para-hydroxylation sites is 1. The molecule has 4 aromatic rings. The molecule has 1 aromatic carbocycles. The van der Waals surface area contributed by atoms with Gasteiger partial charge in [-0.2, -0.15) is 0 Å². The summed E-state index contributed by atoms with van der Waals surface area (Å²) in [5, 5.41) is 1.11. The van der Waals surface area contributed by atoms with Crippen LogP contribution < -0.4 is 5.73 Å². The van der Waals surface area contributed by atoms with Gasteiger partial charge in [-0.3, -0.25) is 4.98 Å². The van der Waals surface area contributed by atoms with Crippen LogP contribution in [-0.2, 0) is 6.42 Å². The fourth-order valence-electron chi connectivity index (χ4n) is 3.08. The van der Waals surface area contributed by atoms with Gasteiger partial charge in [-0.15, -0.1) is 0 Å². The number of nitrogens with two attached hydrogens (primary N) is 1. The van der Waals surface area contributed by atoms with Gasteiger partial charge in [0.15, 0.2) is 0 Å². The van der Waals surface area contributed by atoms with Crippen LogP contribution in [0, 0.1) is 0 Å². The standard InChI is InChI=1S/C21H18N4/c1-2-18-16(7-9-20(22)24-18)17-5-3-4-15-6-8-19(25-21(15)17)14-10-12-23-13-11-14/h3-13H,2H2,1H3,(H2,22,24). The van der Waals surface area contributed by atoms with Gasteiger partial charge in [0.05, 0.1) is 16.9 Å². The van der Waals surface area contributed by atoms with E-state index >= 15 is 0 Å². The molecule has 0 bridgehead atoms. The van der Waals surface area contributed by atoms with E-state index < -0.39 is 0 Å². The molecule has 0 atom stereocenters. The Morgan fingerprint density at radius 1 is 0.840 bits per heavy atom. The Kier molecular flexibility index (Phi) is 3.86. The Bertz CT molecular complexity index is 1040. The van der Waals surface area contributed by atoms with Crippen molar-refractivity contribution >= 4 is 16.7 Å². The van der Waals surface area contributed by atoms with Crippen LogP contribution in [-0.4, -0.2) is 15.0 Å². The van der Waals surface area contributed by atoms with Crippen molar-refractivity contribution in [3.05, 3.63) is 72.7 Å². The summed E-state index contributed by atoms with van der Waals surface area (Å²) < 4.78 is 0. The van der Waals surface area contributed by atoms with E-state index in [1.165, 1.54) is 0 Å². The van der Waals surface area contributed by atoms with E-state index in [1.807, 2.05) is 30.3 Å². The molecule has 3 aromatic heterocycles. The summed E-state index contributed by atoms with van der Waals surface area (Å²) in [5.74, 6) is 0.547. The van der Waals surface area contributed by atoms with Crippen molar-refractivity contribution in [3.63, 3.8) is 0 Å². The predicted molar refractivity (Wildman–Crippen MR) is 102 cm³/mol. The zero-order chi connectivity index (χ0) is 17.2. The maximum absolute atomic E-state index is 5.86. The Labute approximate surface area is 146 Å². The van der Waals surface area contributed by atoms with Crippen molar-refractivity contribution < 1.29 is 0 Å². The number of pyridine rings is 3. The third-order valence-electron chi connectivity index (χ3n) is 4.32. The van der Waals surface area contributed by atoms with E-state index in [1.54, 1.807) is 12.4 Å². The summed E-state index contributed by atoms with van der Waals surface area (Å²) in [6, 6.07) is 18.2. The fourth-order valence-corrected chi connectivity index (χ4v) is 3.08. The summed E-state index contributed by atoms with van der Waals surface area (Å²) in [6.45, 7) is 2.09. The second-order valence-corrected chi connectivity index (χ2v) is 5.89. The molecule has 2 N–H and O–H groups in total. The van der Waals surface area contributed by atoms with Gasteiger partial charge in [0.2, 0.25) is 0 Å². The highest BCUT2D eigenvalue weighted by Crippen LogP contribution is 2.31. The highest BCUT2D eigenvalue weighted by atomic mass is 14.8. The van der Waals surface area contributed by atoms with Crippen LogP contribution in [0.5, 0.6) is 0 Å². The molecule has 0 amide bonds. The van der Waals surface area contributed by atoms with Crippen LogP contribution in [0.25, 0.3) is 33.3 Å². The number of benzene rings is 1. The van der Waals surface area contributed by atoms with Gasteiger partial charge in [-0.25, -0.2) is 9.97 Å². The third kappa shape index (κ3) is 2.83. The normalized spacial score (nSPS) is 10.9. The van der Waals surface area contributed by atoms with Gasteiger partial charge in [0.25, 0.3) is 0 Å². The quantitative estimate of drug-likeness (QED) is 0.602. The summed E-state index contributed by atoms with van der Waals surface area (Å²) in [4.78, 5) is 13.5. The average molecular weight is 326 g/mol. The number of aryl methyl sites for hydroxylation is 1. The topological polar surface area (TPSA) is 64.7 Å². The monoisotopic (exact) mass is 326 g/mol.